The molecule has 1 aromatic rings. The maximum Gasteiger partial charge on any atom is 0.409 e. The number of aliphatic hydroxyl groups is 1. The van der Waals surface area contributed by atoms with Crippen LogP contribution in [0.15, 0.2) is 35.9 Å². The number of allylic oxidation sites excluding steroid dienone is 3. The van der Waals surface area contributed by atoms with Crippen molar-refractivity contribution in [2.24, 2.45) is 5.92 Å². The van der Waals surface area contributed by atoms with Gasteiger partial charge in [-0.05, 0) is 51.3 Å². The number of likely N-dealkylation sites (tertiary alicyclic amines) is 1. The zero-order valence-corrected chi connectivity index (χ0v) is 44.5. The van der Waals surface area contributed by atoms with E-state index in [0.29, 0.717) is 35.7 Å². The SMILES string of the molecule is CCCCCNC(=O)CC(CN1C(=O)CC(SCCC(=O)N(C)[C@H](C)C(=O)O[C@H]2CC(=O)N(C)c3cc(cc(OC)c3Cl)C/C(C)=C/C=C/[C@@H](OC)[C@@]3(O)C[C@H](OC(=O)N3)[C@@H](C)[C@@H]3O[C@@]23C)C1=O)S(=O)(=O)O. The van der Waals surface area contributed by atoms with Crippen LogP contribution in [0.4, 0.5) is 10.5 Å². The second kappa shape index (κ2) is 24.5. The lowest BCUT2D eigenvalue weighted by Crippen LogP contribution is -2.63. The van der Waals surface area contributed by atoms with Gasteiger partial charge in [0.25, 0.3) is 10.1 Å². The topological polar surface area (TPSA) is 277 Å². The standard InChI is InChI=1S/C48H68ClN5O16S2/c1-10-11-12-17-50-38(55)22-31(72(63,64)65)26-54-41(58)23-35(44(54)59)71-18-16-39(56)52(6)29(4)45(60)69-37-24-40(57)53(7)32-20-30(21-33(66-8)42(32)49)19-27(2)14-13-15-36(67-9)48(62)25-34(68-46(61)51-48)28(3)43-47(37,5)70-43/h13-15,20-21,28-29,31,34-37,43,62H,10-12,16-19,22-26H2,1-9H3,(H,50,55)(H,51,61)(H,63,64,65)/b15-13+,27-14+/t28-,29-,31?,34+,35?,36-,37+,43+,47+,48+/m1/s1. The predicted molar refractivity (Wildman–Crippen MR) is 266 cm³/mol. The number of alkyl carbamates (subject to hydrolysis) is 1. The zero-order chi connectivity index (χ0) is 53.5. The minimum absolute atomic E-state index is 0.0154. The van der Waals surface area contributed by atoms with Crippen molar-refractivity contribution in [2.75, 3.05) is 52.1 Å². The summed E-state index contributed by atoms with van der Waals surface area (Å²) >= 11 is 7.78. The number of epoxide rings is 1. The van der Waals surface area contributed by atoms with E-state index in [1.807, 2.05) is 19.9 Å². The Balaban J connectivity index is 1.30. The molecule has 4 heterocycles. The van der Waals surface area contributed by atoms with Crippen LogP contribution in [0.1, 0.15) is 91.5 Å². The number of hydrogen-bond acceptors (Lipinski definition) is 16. The summed E-state index contributed by atoms with van der Waals surface area (Å²) in [5.74, 6) is -4.35. The minimum atomic E-state index is -4.83. The van der Waals surface area contributed by atoms with Crippen molar-refractivity contribution in [1.29, 1.82) is 0 Å². The van der Waals surface area contributed by atoms with Crippen molar-refractivity contribution in [3.05, 3.63) is 46.5 Å². The van der Waals surface area contributed by atoms with E-state index in [0.717, 1.165) is 40.6 Å². The van der Waals surface area contributed by atoms with Crippen molar-refractivity contribution in [3.63, 3.8) is 0 Å². The third kappa shape index (κ3) is 14.1. The summed E-state index contributed by atoms with van der Waals surface area (Å²) < 4.78 is 63.5. The highest BCUT2D eigenvalue weighted by Crippen LogP contribution is 2.49. The summed E-state index contributed by atoms with van der Waals surface area (Å²) in [4.78, 5) is 96.8. The van der Waals surface area contributed by atoms with Crippen LogP contribution >= 0.6 is 23.4 Å². The van der Waals surface area contributed by atoms with E-state index in [9.17, 15) is 51.6 Å². The molecule has 2 unspecified atom stereocenters. The molecule has 24 heteroatoms. The van der Waals surface area contributed by atoms with Crippen molar-refractivity contribution >= 4 is 80.8 Å². The van der Waals surface area contributed by atoms with Gasteiger partial charge in [0.05, 0.1) is 30.6 Å². The molecule has 0 aromatic heterocycles. The molecule has 0 spiro atoms. The van der Waals surface area contributed by atoms with Gasteiger partial charge in [0.2, 0.25) is 29.5 Å². The Morgan fingerprint density at radius 1 is 1.12 bits per heavy atom. The number of amides is 6. The van der Waals surface area contributed by atoms with E-state index >= 15 is 0 Å². The summed E-state index contributed by atoms with van der Waals surface area (Å²) in [5, 5.41) is 14.3. The number of methoxy groups -OCH3 is 2. The van der Waals surface area contributed by atoms with Gasteiger partial charge < -0.3 is 43.9 Å². The molecule has 6 amide bonds. The predicted octanol–water partition coefficient (Wildman–Crippen LogP) is 3.72. The summed E-state index contributed by atoms with van der Waals surface area (Å²) in [6, 6.07) is 2.27. The molecule has 0 saturated carbocycles. The average molecular weight is 1070 g/mol. The number of carbonyl (C=O) groups excluding carboxylic acids is 7. The molecular formula is C48H68ClN5O16S2. The van der Waals surface area contributed by atoms with Crippen LogP contribution in [0, 0.1) is 5.92 Å². The molecule has 10 atom stereocenters. The van der Waals surface area contributed by atoms with Gasteiger partial charge in [-0.2, -0.15) is 8.42 Å². The number of rotatable bonds is 18. The van der Waals surface area contributed by atoms with Gasteiger partial charge >= 0.3 is 12.1 Å². The summed E-state index contributed by atoms with van der Waals surface area (Å²) in [5.41, 5.74) is -1.33. The van der Waals surface area contributed by atoms with E-state index in [4.69, 9.17) is 35.3 Å². The lowest BCUT2D eigenvalue weighted by Gasteiger charge is -2.42. The normalized spacial score (nSPS) is 28.9. The number of carbonyl (C=O) groups is 7. The van der Waals surface area contributed by atoms with Crippen LogP contribution < -0.4 is 20.3 Å². The molecule has 4 aliphatic heterocycles. The number of halogens is 1. The molecule has 4 bridgehead atoms. The Kier molecular flexibility index (Phi) is 19.8. The van der Waals surface area contributed by atoms with Gasteiger partial charge in [-0.1, -0.05) is 62.1 Å². The Morgan fingerprint density at radius 3 is 2.49 bits per heavy atom. The number of ether oxygens (including phenoxy) is 5. The molecule has 3 saturated heterocycles. The number of anilines is 1. The fourth-order valence-electron chi connectivity index (χ4n) is 9.01. The Labute approximate surface area is 429 Å². The highest BCUT2D eigenvalue weighted by atomic mass is 35.5. The highest BCUT2D eigenvalue weighted by Gasteiger charge is 2.64. The second-order valence-electron chi connectivity index (χ2n) is 19.0. The fraction of sp³-hybridized carbons (Fsp3) is 0.646. The maximum atomic E-state index is 14.3. The number of nitrogens with zero attached hydrogens (tertiary/aromatic N) is 3. The molecule has 4 N–H and O–H groups in total. The van der Waals surface area contributed by atoms with Crippen LogP contribution in [-0.2, 0) is 64.3 Å². The second-order valence-corrected chi connectivity index (χ2v) is 22.3. The molecule has 72 heavy (non-hydrogen) atoms. The van der Waals surface area contributed by atoms with Crippen LogP contribution in [-0.4, -0.2) is 169 Å². The minimum Gasteiger partial charge on any atom is -0.495 e. The number of nitrogens with one attached hydrogen (secondary N) is 2. The molecule has 5 rings (SSSR count). The highest BCUT2D eigenvalue weighted by molar-refractivity contribution is 8.00. The lowest BCUT2D eigenvalue weighted by molar-refractivity contribution is -0.162. The Hall–Kier alpha value is -4.78. The molecule has 4 aliphatic rings. The number of unbranched alkanes of at least 4 members (excludes halogenated alkanes) is 2. The third-order valence-corrected chi connectivity index (χ3v) is 16.4. The van der Waals surface area contributed by atoms with E-state index in [1.165, 1.54) is 40.1 Å². The van der Waals surface area contributed by atoms with Crippen LogP contribution in [0.3, 0.4) is 0 Å². The number of benzene rings is 1. The Morgan fingerprint density at radius 2 is 1.83 bits per heavy atom. The quantitative estimate of drug-likeness (QED) is 0.0536. The molecule has 1 aromatic carbocycles. The van der Waals surface area contributed by atoms with E-state index in [-0.39, 0.29) is 30.0 Å². The summed E-state index contributed by atoms with van der Waals surface area (Å²) in [6.07, 6.45) is 1.31. The molecule has 0 radical (unpaired) electrons. The van der Waals surface area contributed by atoms with Gasteiger partial charge in [0, 0.05) is 71.6 Å². The van der Waals surface area contributed by atoms with Crippen molar-refractivity contribution in [3.8, 4) is 5.75 Å². The molecule has 21 nitrogen and oxygen atoms in total. The van der Waals surface area contributed by atoms with E-state index < -0.39 is 129 Å². The maximum absolute atomic E-state index is 14.3. The van der Waals surface area contributed by atoms with Crippen molar-refractivity contribution < 1.29 is 75.3 Å². The van der Waals surface area contributed by atoms with Gasteiger partial charge in [-0.15, -0.1) is 11.8 Å². The monoisotopic (exact) mass is 1070 g/mol. The first kappa shape index (κ1) is 58.1. The van der Waals surface area contributed by atoms with Crippen molar-refractivity contribution in [1.82, 2.24) is 20.4 Å². The van der Waals surface area contributed by atoms with Gasteiger partial charge in [0.1, 0.15) is 46.0 Å². The van der Waals surface area contributed by atoms with Gasteiger partial charge in [0.15, 0.2) is 5.72 Å². The summed E-state index contributed by atoms with van der Waals surface area (Å²) in [6.45, 7) is 8.25. The first-order chi connectivity index (χ1) is 33.8. The first-order valence-corrected chi connectivity index (χ1v) is 26.7. The molecule has 3 fully saturated rings. The number of hydrogen-bond donors (Lipinski definition) is 4. The van der Waals surface area contributed by atoms with Crippen molar-refractivity contribution in [2.45, 2.75) is 145 Å². The Bertz CT molecular complexity index is 2410. The van der Waals surface area contributed by atoms with Crippen LogP contribution in [0.25, 0.3) is 0 Å². The van der Waals surface area contributed by atoms with Gasteiger partial charge in [-0.3, -0.25) is 38.7 Å². The number of esters is 1. The molecular weight excluding hydrogens is 1000 g/mol. The smallest absolute Gasteiger partial charge is 0.409 e. The number of thioether (sulfide) groups is 1. The van der Waals surface area contributed by atoms with E-state index in [2.05, 4.69) is 10.6 Å². The molecule has 0 aliphatic carbocycles. The van der Waals surface area contributed by atoms with Crippen LogP contribution in [0.2, 0.25) is 5.02 Å². The first-order valence-electron chi connectivity index (χ1n) is 23.8. The molecule has 400 valence electrons. The lowest BCUT2D eigenvalue weighted by atomic mass is 9.83. The number of likely N-dealkylation sites (N-methyl/N-ethyl adjacent to an activating group) is 1. The van der Waals surface area contributed by atoms with Crippen LogP contribution in [0.5, 0.6) is 5.75 Å². The van der Waals surface area contributed by atoms with E-state index in [1.54, 1.807) is 38.1 Å². The number of imide groups is 1. The third-order valence-electron chi connectivity index (χ3n) is 13.7. The largest absolute Gasteiger partial charge is 0.495 e. The zero-order valence-electron chi connectivity index (χ0n) is 42.1. The summed E-state index contributed by atoms with van der Waals surface area (Å²) in [7, 11) is 0.899. The number of fused-ring (bicyclic) bond motifs is 5. The fourth-order valence-corrected chi connectivity index (χ4v) is 11.1. The van der Waals surface area contributed by atoms with Gasteiger partial charge in [-0.25, -0.2) is 9.59 Å². The average Bonchev–Trinajstić information content (AvgIpc) is 3.94.